The van der Waals surface area contributed by atoms with Crippen molar-refractivity contribution in [2.45, 2.75) is 6.92 Å². The molecule has 0 aliphatic carbocycles. The lowest BCUT2D eigenvalue weighted by Crippen LogP contribution is -2.01. The zero-order chi connectivity index (χ0) is 11.5. The molecule has 0 aliphatic rings. The summed E-state index contributed by atoms with van der Waals surface area (Å²) in [7, 11) is 0. The molecule has 0 aliphatic heterocycles. The number of ether oxygens (including phenoxy) is 1. The molecule has 0 unspecified atom stereocenters. The highest BCUT2D eigenvalue weighted by Gasteiger charge is 2.06. The lowest BCUT2D eigenvalue weighted by molar-refractivity contribution is 0.321. The number of anilines is 1. The van der Waals surface area contributed by atoms with Crippen molar-refractivity contribution in [2.75, 3.05) is 12.3 Å². The van der Waals surface area contributed by atoms with Crippen molar-refractivity contribution >= 4 is 5.95 Å². The molecule has 1 aromatic carbocycles. The molecule has 0 saturated heterocycles. The Hall–Kier alpha value is -2.04. The van der Waals surface area contributed by atoms with Crippen LogP contribution in [-0.2, 0) is 0 Å². The number of rotatable bonds is 3. The van der Waals surface area contributed by atoms with E-state index in [1.165, 1.54) is 6.07 Å². The average molecular weight is 221 g/mol. The Balaban J connectivity index is 2.38. The first-order valence-corrected chi connectivity index (χ1v) is 4.94. The molecule has 0 spiro atoms. The number of aromatic nitrogens is 2. The predicted molar refractivity (Wildman–Crippen MR) is 59.1 cm³/mol. The maximum atomic E-state index is 13.6. The molecule has 0 radical (unpaired) electrons. The van der Waals surface area contributed by atoms with Crippen LogP contribution in [0.15, 0.2) is 30.6 Å². The van der Waals surface area contributed by atoms with Gasteiger partial charge in [0.05, 0.1) is 12.3 Å². The van der Waals surface area contributed by atoms with Crippen LogP contribution in [0.3, 0.4) is 0 Å². The van der Waals surface area contributed by atoms with Gasteiger partial charge in [0, 0.05) is 18.5 Å². The molecule has 4 nitrogen and oxygen atoms in total. The molecule has 84 valence electrons. The summed E-state index contributed by atoms with van der Waals surface area (Å²) in [6.07, 6.45) is 3.23. The van der Waals surface area contributed by atoms with E-state index in [2.05, 4.69) is 4.98 Å². The fraction of sp³-hybridized carbons (Fsp3) is 0.182. The topological polar surface area (TPSA) is 53.1 Å². The smallest absolute Gasteiger partial charge is 0.204 e. The predicted octanol–water partition coefficient (Wildman–Crippen LogP) is 1.99. The standard InChI is InChI=1S/C11H12FN3O/c1-2-16-10-4-3-8(7-9(10)12)15-6-5-14-11(15)13/h3-7H,2H2,1H3,(H2,13,14). The van der Waals surface area contributed by atoms with Crippen LogP contribution in [0.5, 0.6) is 5.75 Å². The molecular formula is C11H12FN3O. The van der Waals surface area contributed by atoms with Crippen LogP contribution in [-0.4, -0.2) is 16.2 Å². The Morgan fingerprint density at radius 2 is 2.31 bits per heavy atom. The van der Waals surface area contributed by atoms with Gasteiger partial charge in [-0.2, -0.15) is 0 Å². The maximum Gasteiger partial charge on any atom is 0.204 e. The van der Waals surface area contributed by atoms with E-state index in [-0.39, 0.29) is 5.75 Å². The first-order valence-electron chi connectivity index (χ1n) is 4.94. The SMILES string of the molecule is CCOc1ccc(-n2ccnc2N)cc1F. The lowest BCUT2D eigenvalue weighted by atomic mass is 10.3. The Kier molecular flexibility index (Phi) is 2.76. The van der Waals surface area contributed by atoms with Gasteiger partial charge < -0.3 is 10.5 Å². The summed E-state index contributed by atoms with van der Waals surface area (Å²) in [6, 6.07) is 4.67. The normalized spacial score (nSPS) is 10.4. The van der Waals surface area contributed by atoms with E-state index in [1.54, 1.807) is 36.0 Å². The van der Waals surface area contributed by atoms with Crippen molar-refractivity contribution in [3.05, 3.63) is 36.4 Å². The summed E-state index contributed by atoms with van der Waals surface area (Å²) in [6.45, 7) is 2.24. The van der Waals surface area contributed by atoms with Gasteiger partial charge in [0.15, 0.2) is 11.6 Å². The fourth-order valence-corrected chi connectivity index (χ4v) is 1.45. The van der Waals surface area contributed by atoms with Crippen molar-refractivity contribution in [3.63, 3.8) is 0 Å². The van der Waals surface area contributed by atoms with E-state index in [0.717, 1.165) is 0 Å². The second-order valence-corrected chi connectivity index (χ2v) is 3.20. The Morgan fingerprint density at radius 3 is 2.88 bits per heavy atom. The molecule has 0 fully saturated rings. The minimum absolute atomic E-state index is 0.241. The summed E-state index contributed by atoms with van der Waals surface area (Å²) < 4.78 is 20.3. The molecule has 16 heavy (non-hydrogen) atoms. The molecule has 2 rings (SSSR count). The van der Waals surface area contributed by atoms with Crippen molar-refractivity contribution in [2.24, 2.45) is 0 Å². The van der Waals surface area contributed by atoms with E-state index in [4.69, 9.17) is 10.5 Å². The molecule has 1 heterocycles. The van der Waals surface area contributed by atoms with Crippen molar-refractivity contribution < 1.29 is 9.13 Å². The van der Waals surface area contributed by atoms with E-state index >= 15 is 0 Å². The molecule has 0 amide bonds. The van der Waals surface area contributed by atoms with Gasteiger partial charge in [-0.1, -0.05) is 0 Å². The number of nitrogens with zero attached hydrogens (tertiary/aromatic N) is 2. The van der Waals surface area contributed by atoms with Crippen LogP contribution in [0.25, 0.3) is 5.69 Å². The maximum absolute atomic E-state index is 13.6. The van der Waals surface area contributed by atoms with Gasteiger partial charge in [-0.25, -0.2) is 9.37 Å². The zero-order valence-electron chi connectivity index (χ0n) is 8.85. The number of imidazole rings is 1. The molecule has 0 atom stereocenters. The van der Waals surface area contributed by atoms with Crippen LogP contribution in [0.2, 0.25) is 0 Å². The molecule has 2 aromatic rings. The highest BCUT2D eigenvalue weighted by Crippen LogP contribution is 2.21. The van der Waals surface area contributed by atoms with Crippen LogP contribution < -0.4 is 10.5 Å². The third-order valence-corrected chi connectivity index (χ3v) is 2.16. The summed E-state index contributed by atoms with van der Waals surface area (Å²) in [5, 5.41) is 0. The van der Waals surface area contributed by atoms with Crippen molar-refractivity contribution in [1.82, 2.24) is 9.55 Å². The minimum atomic E-state index is -0.410. The quantitative estimate of drug-likeness (QED) is 0.862. The van der Waals surface area contributed by atoms with Crippen LogP contribution >= 0.6 is 0 Å². The third-order valence-electron chi connectivity index (χ3n) is 2.16. The second kappa shape index (κ2) is 4.22. The summed E-state index contributed by atoms with van der Waals surface area (Å²) in [5.41, 5.74) is 6.24. The number of hydrogen-bond donors (Lipinski definition) is 1. The zero-order valence-corrected chi connectivity index (χ0v) is 8.85. The van der Waals surface area contributed by atoms with Gasteiger partial charge in [0.1, 0.15) is 0 Å². The van der Waals surface area contributed by atoms with Gasteiger partial charge in [0.25, 0.3) is 0 Å². The van der Waals surface area contributed by atoms with Crippen LogP contribution in [0.4, 0.5) is 10.3 Å². The van der Waals surface area contributed by atoms with E-state index in [0.29, 0.717) is 18.2 Å². The second-order valence-electron chi connectivity index (χ2n) is 3.20. The van der Waals surface area contributed by atoms with Gasteiger partial charge in [-0.15, -0.1) is 0 Å². The summed E-state index contributed by atoms with van der Waals surface area (Å²) in [5.74, 6) is 0.154. The number of nitrogen functional groups attached to an aromatic ring is 1. The third kappa shape index (κ3) is 1.84. The number of nitrogens with two attached hydrogens (primary N) is 1. The summed E-state index contributed by atoms with van der Waals surface area (Å²) in [4.78, 5) is 3.87. The van der Waals surface area contributed by atoms with Crippen molar-refractivity contribution in [3.8, 4) is 11.4 Å². The highest BCUT2D eigenvalue weighted by molar-refractivity contribution is 5.43. The average Bonchev–Trinajstić information content (AvgIpc) is 2.68. The molecule has 0 saturated carbocycles. The molecular weight excluding hydrogens is 209 g/mol. The van der Waals surface area contributed by atoms with Gasteiger partial charge in [0.2, 0.25) is 5.95 Å². The fourth-order valence-electron chi connectivity index (χ4n) is 1.45. The Morgan fingerprint density at radius 1 is 1.50 bits per heavy atom. The Labute approximate surface area is 92.5 Å². The van der Waals surface area contributed by atoms with Crippen LogP contribution in [0.1, 0.15) is 6.92 Å². The molecule has 5 heteroatoms. The monoisotopic (exact) mass is 221 g/mol. The lowest BCUT2D eigenvalue weighted by Gasteiger charge is -2.08. The number of halogens is 1. The van der Waals surface area contributed by atoms with Gasteiger partial charge >= 0.3 is 0 Å². The van der Waals surface area contributed by atoms with E-state index < -0.39 is 5.82 Å². The summed E-state index contributed by atoms with van der Waals surface area (Å²) >= 11 is 0. The first-order chi connectivity index (χ1) is 7.72. The number of benzene rings is 1. The highest BCUT2D eigenvalue weighted by atomic mass is 19.1. The molecule has 1 aromatic heterocycles. The van der Waals surface area contributed by atoms with Gasteiger partial charge in [-0.05, 0) is 19.1 Å². The van der Waals surface area contributed by atoms with E-state index in [1.807, 2.05) is 0 Å². The molecule has 2 N–H and O–H groups in total. The first kappa shape index (κ1) is 10.5. The number of hydrogen-bond acceptors (Lipinski definition) is 3. The molecule has 0 bridgehead atoms. The Bertz CT molecular complexity index is 496. The van der Waals surface area contributed by atoms with Crippen LogP contribution in [0, 0.1) is 5.82 Å². The van der Waals surface area contributed by atoms with E-state index in [9.17, 15) is 4.39 Å². The largest absolute Gasteiger partial charge is 0.491 e. The van der Waals surface area contributed by atoms with Crippen molar-refractivity contribution in [1.29, 1.82) is 0 Å². The van der Waals surface area contributed by atoms with Gasteiger partial charge in [-0.3, -0.25) is 4.57 Å². The minimum Gasteiger partial charge on any atom is -0.491 e.